The molecule has 2 aromatic heterocycles. The largest absolute Gasteiger partial charge is 0.396 e. The number of aromatic nitrogens is 2. The average molecular weight is 1240 g/mol. The Hall–Kier alpha value is -7.92. The van der Waals surface area contributed by atoms with E-state index in [0.717, 1.165) is 63.2 Å². The number of hydrogen-bond acceptors (Lipinski definition) is 13. The summed E-state index contributed by atoms with van der Waals surface area (Å²) in [5.74, 6) is -3.26. The van der Waals surface area contributed by atoms with E-state index in [0.29, 0.717) is 29.4 Å². The van der Waals surface area contributed by atoms with Gasteiger partial charge in [0.25, 0.3) is 11.4 Å². The first-order chi connectivity index (χ1) is 41.8. The zero-order valence-electron chi connectivity index (χ0n) is 49.9. The molecule has 3 aliphatic rings. The van der Waals surface area contributed by atoms with Gasteiger partial charge >= 0.3 is 7.60 Å². The normalized spacial score (nSPS) is 18.5. The SMILES string of the molecule is Cc1ncsc1-c1ccc(CNC(=O)[C@@H]2C[C@@H](O)CN2C(=O)[C@@H](NC(=O)CCCCCc2ccc(CO[C@H](C)[C@H](CCC(N)=O)NC(=O)[C@@H]3Cc4cccc5c4N3C(=O)[C@@H](NC(=O)c3cc4cc(C(=O)P(=O)(O)O)ccc4[nH]3)CC5)cc2)C(C)(C)C)cc1. The van der Waals surface area contributed by atoms with Crippen molar-refractivity contribution in [1.82, 2.24) is 36.1 Å². The van der Waals surface area contributed by atoms with Crippen LogP contribution in [0, 0.1) is 12.3 Å². The van der Waals surface area contributed by atoms with Crippen LogP contribution in [0.25, 0.3) is 21.3 Å². The number of hydrogen-bond donors (Lipinski definition) is 9. The molecule has 0 unspecified atom stereocenters. The Morgan fingerprint density at radius 1 is 0.875 bits per heavy atom. The Morgan fingerprint density at radius 2 is 1.59 bits per heavy atom. The number of aryl methyl sites for hydroxylation is 3. The van der Waals surface area contributed by atoms with Crippen LogP contribution >= 0.6 is 18.9 Å². The number of aliphatic hydroxyl groups excluding tert-OH is 1. The quantitative estimate of drug-likeness (QED) is 0.0228. The maximum Gasteiger partial charge on any atom is 0.396 e. The maximum absolute atomic E-state index is 14.6. The summed E-state index contributed by atoms with van der Waals surface area (Å²) >= 11 is 1.56. The number of H-pyrrole nitrogens is 1. The number of aliphatic hydroxyl groups is 1. The molecule has 6 aromatic rings. The summed E-state index contributed by atoms with van der Waals surface area (Å²) < 4.78 is 17.9. The first kappa shape index (κ1) is 64.6. The highest BCUT2D eigenvalue weighted by atomic mass is 32.1. The number of nitrogens with zero attached hydrogens (tertiary/aromatic N) is 3. The van der Waals surface area contributed by atoms with Crippen LogP contribution in [-0.2, 0) is 70.5 Å². The molecule has 88 heavy (non-hydrogen) atoms. The fourth-order valence-electron chi connectivity index (χ4n) is 11.7. The standard InChI is InChI=1S/C64H76N9O13PS/c1-36-56(88-35-67-36)42-20-18-39(19-21-42)32-66-59(78)51-31-46(74)33-72(51)62(81)57(64(3,4)5)71-54(76)13-8-6-7-10-38-14-16-40(17-15-38)34-86-37(2)47(26-27-53(65)75)69-60(79)52-30-43-12-9-11-41-22-25-49(61(80)73(52)55(41)43)70-58(77)50-29-45-28-44(23-24-48(45)68-50)63(82)87(83,84)85/h9,11-12,14-21,23-24,28-29,35,37,46-47,49,51-52,57,68,74H,6-8,10,13,22,25-27,30-34H2,1-5H3,(H2,65,75)(H,66,78)(H,69,79)(H,70,77)(H,71,76)(H2,83,84,85)/t37-,46-,47+,49+,51+,52+,57-/m1/s1. The van der Waals surface area contributed by atoms with Crippen LogP contribution in [0.5, 0.6) is 0 Å². The number of para-hydroxylation sites is 1. The Morgan fingerprint density at radius 3 is 2.28 bits per heavy atom. The van der Waals surface area contributed by atoms with Crippen LogP contribution in [0.2, 0.25) is 0 Å². The molecular formula is C64H76N9O13PS. The van der Waals surface area contributed by atoms with Crippen molar-refractivity contribution in [2.24, 2.45) is 11.1 Å². The van der Waals surface area contributed by atoms with Crippen LogP contribution in [0.3, 0.4) is 0 Å². The van der Waals surface area contributed by atoms with E-state index in [1.807, 2.05) is 94.4 Å². The molecule has 7 amide bonds. The van der Waals surface area contributed by atoms with Crippen molar-refractivity contribution < 1.29 is 62.6 Å². The maximum atomic E-state index is 14.6. The molecule has 0 spiro atoms. The Balaban J connectivity index is 0.735. The third-order valence-corrected chi connectivity index (χ3v) is 18.4. The number of thiazole rings is 1. The number of ether oxygens (including phenoxy) is 1. The van der Waals surface area contributed by atoms with E-state index in [1.165, 1.54) is 34.1 Å². The van der Waals surface area contributed by atoms with E-state index in [4.69, 9.17) is 10.5 Å². The van der Waals surface area contributed by atoms with Gasteiger partial charge in [-0.15, -0.1) is 11.3 Å². The number of likely N-dealkylation sites (tertiary alicyclic amines) is 1. The summed E-state index contributed by atoms with van der Waals surface area (Å²) in [5.41, 5.74) is 12.6. The van der Waals surface area contributed by atoms with Gasteiger partial charge in [0.15, 0.2) is 0 Å². The molecular weight excluding hydrogens is 1170 g/mol. The van der Waals surface area contributed by atoms with E-state index < -0.39 is 90.5 Å². The summed E-state index contributed by atoms with van der Waals surface area (Å²) in [4.78, 5) is 138. The molecule has 1 saturated heterocycles. The smallest absolute Gasteiger partial charge is 0.391 e. The zero-order valence-corrected chi connectivity index (χ0v) is 51.6. The number of unbranched alkanes of at least 4 members (excludes halogenated alkanes) is 2. The monoisotopic (exact) mass is 1240 g/mol. The molecule has 0 aliphatic carbocycles. The fraction of sp³-hybridized carbons (Fsp3) is 0.422. The van der Waals surface area contributed by atoms with Gasteiger partial charge in [0.05, 0.1) is 46.6 Å². The number of rotatable bonds is 25. The lowest BCUT2D eigenvalue weighted by atomic mass is 9.85. The van der Waals surface area contributed by atoms with Gasteiger partial charge in [-0.3, -0.25) is 47.8 Å². The molecule has 7 atom stereocenters. The number of nitrogens with two attached hydrogens (primary N) is 1. The molecule has 0 bridgehead atoms. The average Bonchev–Trinajstić information content (AvgIpc) is 1.95. The predicted octanol–water partition coefficient (Wildman–Crippen LogP) is 6.19. The van der Waals surface area contributed by atoms with Crippen molar-refractivity contribution in [3.63, 3.8) is 0 Å². The molecule has 5 heterocycles. The minimum Gasteiger partial charge on any atom is -0.391 e. The van der Waals surface area contributed by atoms with Gasteiger partial charge in [0.1, 0.15) is 29.9 Å². The summed E-state index contributed by atoms with van der Waals surface area (Å²) in [7, 11) is -5.05. The van der Waals surface area contributed by atoms with Crippen LogP contribution < -0.4 is 31.9 Å². The van der Waals surface area contributed by atoms with Gasteiger partial charge in [0.2, 0.25) is 35.4 Å². The van der Waals surface area contributed by atoms with Gasteiger partial charge in [0, 0.05) is 55.2 Å². The second kappa shape index (κ2) is 27.6. The third-order valence-electron chi connectivity index (χ3n) is 16.6. The highest BCUT2D eigenvalue weighted by Crippen LogP contribution is 2.41. The topological polar surface area (TPSA) is 333 Å². The minimum atomic E-state index is -5.05. The van der Waals surface area contributed by atoms with Crippen LogP contribution in [0.15, 0.2) is 96.5 Å². The molecule has 9 rings (SSSR count). The van der Waals surface area contributed by atoms with Crippen molar-refractivity contribution in [3.05, 3.63) is 141 Å². The number of carbonyl (C=O) groups excluding carboxylic acids is 8. The summed E-state index contributed by atoms with van der Waals surface area (Å²) in [5, 5.41) is 22.8. The number of nitrogens with one attached hydrogen (secondary N) is 5. The van der Waals surface area contributed by atoms with Crippen molar-refractivity contribution in [1.29, 1.82) is 0 Å². The Labute approximate surface area is 513 Å². The van der Waals surface area contributed by atoms with Gasteiger partial charge in [-0.05, 0) is 115 Å². The highest BCUT2D eigenvalue weighted by Gasteiger charge is 2.46. The summed E-state index contributed by atoms with van der Waals surface area (Å²) in [6.45, 7) is 9.72. The third kappa shape index (κ3) is 15.5. The van der Waals surface area contributed by atoms with E-state index in [1.54, 1.807) is 23.8 Å². The first-order valence-corrected chi connectivity index (χ1v) is 32.1. The van der Waals surface area contributed by atoms with Crippen molar-refractivity contribution in [2.45, 2.75) is 161 Å². The number of aromatic amines is 1. The van der Waals surface area contributed by atoms with E-state index in [2.05, 4.69) is 31.2 Å². The molecule has 3 aliphatic heterocycles. The molecule has 22 nitrogen and oxygen atoms in total. The van der Waals surface area contributed by atoms with E-state index >= 15 is 0 Å². The van der Waals surface area contributed by atoms with Gasteiger partial charge < -0.3 is 56.5 Å². The Kier molecular flexibility index (Phi) is 20.3. The lowest BCUT2D eigenvalue weighted by molar-refractivity contribution is -0.144. The van der Waals surface area contributed by atoms with Crippen LogP contribution in [0.4, 0.5) is 5.69 Å². The second-order valence-electron chi connectivity index (χ2n) is 24.2. The molecule has 0 saturated carbocycles. The number of β-amino-alcohol motifs (C(OH)–C–C–N with tert-alkyl or cyclic N) is 1. The van der Waals surface area contributed by atoms with Crippen molar-refractivity contribution in [3.8, 4) is 10.4 Å². The number of primary amides is 1. The van der Waals surface area contributed by atoms with Gasteiger partial charge in [-0.25, -0.2) is 4.98 Å². The molecule has 466 valence electrons. The number of anilines is 1. The van der Waals surface area contributed by atoms with Gasteiger partial charge in [-0.1, -0.05) is 93.9 Å². The Bertz CT molecular complexity index is 3650. The minimum absolute atomic E-state index is 0.0197. The van der Waals surface area contributed by atoms with Gasteiger partial charge in [-0.2, -0.15) is 0 Å². The zero-order chi connectivity index (χ0) is 63.2. The second-order valence-corrected chi connectivity index (χ2v) is 26.6. The van der Waals surface area contributed by atoms with Crippen molar-refractivity contribution in [2.75, 3.05) is 11.4 Å². The molecule has 0 radical (unpaired) electrons. The lowest BCUT2D eigenvalue weighted by Gasteiger charge is -2.35. The molecule has 24 heteroatoms. The number of amides is 7. The number of fused-ring (bicyclic) bond motifs is 1. The lowest BCUT2D eigenvalue weighted by Crippen LogP contribution is -2.57. The number of carbonyl (C=O) groups is 8. The number of benzene rings is 4. The summed E-state index contributed by atoms with van der Waals surface area (Å²) in [6.07, 6.45) is 2.63. The molecule has 10 N–H and O–H groups in total. The molecule has 4 aromatic carbocycles. The first-order valence-electron chi connectivity index (χ1n) is 29.6. The molecule has 1 fully saturated rings. The van der Waals surface area contributed by atoms with Crippen molar-refractivity contribution >= 4 is 82.4 Å². The fourth-order valence-corrected chi connectivity index (χ4v) is 13.0. The predicted molar refractivity (Wildman–Crippen MR) is 331 cm³/mol. The van der Waals surface area contributed by atoms with Crippen LogP contribution in [0.1, 0.15) is 133 Å². The highest BCUT2D eigenvalue weighted by molar-refractivity contribution is 7.70. The van der Waals surface area contributed by atoms with E-state index in [-0.39, 0.29) is 81.3 Å². The summed E-state index contributed by atoms with van der Waals surface area (Å²) in [6, 6.07) is 22.1. The van der Waals surface area contributed by atoms with E-state index in [9.17, 15) is 57.8 Å². The van der Waals surface area contributed by atoms with Crippen LogP contribution in [-0.4, -0.2) is 126 Å².